The molecule has 0 radical (unpaired) electrons. The number of para-hydroxylation sites is 1. The predicted octanol–water partition coefficient (Wildman–Crippen LogP) is -0.384. The molecule has 1 aliphatic heterocycles. The van der Waals surface area contributed by atoms with Gasteiger partial charge in [-0.1, -0.05) is 18.2 Å². The first-order chi connectivity index (χ1) is 14.2. The number of imidazole rings is 1. The zero-order valence-corrected chi connectivity index (χ0v) is 15.4. The van der Waals surface area contributed by atoms with Crippen molar-refractivity contribution in [3.63, 3.8) is 0 Å². The van der Waals surface area contributed by atoms with Crippen molar-refractivity contribution in [2.75, 3.05) is 31.6 Å². The van der Waals surface area contributed by atoms with Crippen molar-refractivity contribution < 1.29 is 19.4 Å². The zero-order chi connectivity index (χ0) is 20.2. The Labute approximate surface area is 164 Å². The molecule has 1 aliphatic rings. The van der Waals surface area contributed by atoms with Gasteiger partial charge in [0.1, 0.15) is 5.75 Å². The van der Waals surface area contributed by atoms with E-state index in [-0.39, 0.29) is 30.3 Å². The number of aromatic nitrogens is 4. The van der Waals surface area contributed by atoms with E-state index in [1.165, 1.54) is 10.9 Å². The largest absolute Gasteiger partial charge is 0.484 e. The number of ether oxygens (including phenoxy) is 2. The summed E-state index contributed by atoms with van der Waals surface area (Å²) in [7, 11) is 0. The maximum absolute atomic E-state index is 13.0. The summed E-state index contributed by atoms with van der Waals surface area (Å²) in [5, 5.41) is 15.1. The van der Waals surface area contributed by atoms with Gasteiger partial charge in [0.2, 0.25) is 5.95 Å². The number of H-pyrrole nitrogens is 1. The molecular formula is C18H20N6O5. The van der Waals surface area contributed by atoms with E-state index in [2.05, 4.69) is 25.6 Å². The minimum atomic E-state index is -0.765. The number of aromatic amines is 1. The number of nitrogens with one attached hydrogen (secondary N) is 3. The molecule has 2 atom stereocenters. The van der Waals surface area contributed by atoms with E-state index in [4.69, 9.17) is 9.47 Å². The van der Waals surface area contributed by atoms with Gasteiger partial charge in [0.15, 0.2) is 24.0 Å². The van der Waals surface area contributed by atoms with Crippen LogP contribution in [0.25, 0.3) is 11.2 Å². The lowest BCUT2D eigenvalue weighted by atomic mass is 10.3. The zero-order valence-electron chi connectivity index (χ0n) is 15.4. The maximum atomic E-state index is 13.0. The molecule has 152 valence electrons. The third kappa shape index (κ3) is 4.11. The standard InChI is InChI=1S/C18H20N6O5/c25-8-12-6-19-7-14(29-12)24-17(27)15-16(21-10-20-15)23-18(24)22-13(26)9-28-11-4-2-1-3-5-11/h1-5,10,12,14,19,25H,6-9H2,(H,20,21)(H,22,23,26)/t12-,14+/m0/s1. The van der Waals surface area contributed by atoms with Gasteiger partial charge in [-0.3, -0.25) is 14.9 Å². The van der Waals surface area contributed by atoms with Crippen LogP contribution in [-0.4, -0.2) is 62.9 Å². The molecule has 0 aliphatic carbocycles. The van der Waals surface area contributed by atoms with Crippen molar-refractivity contribution in [1.82, 2.24) is 24.8 Å². The molecule has 4 N–H and O–H groups in total. The van der Waals surface area contributed by atoms with E-state index < -0.39 is 23.8 Å². The van der Waals surface area contributed by atoms with Crippen molar-refractivity contribution in [1.29, 1.82) is 0 Å². The predicted molar refractivity (Wildman–Crippen MR) is 103 cm³/mol. The van der Waals surface area contributed by atoms with Gasteiger partial charge in [0.05, 0.1) is 19.0 Å². The summed E-state index contributed by atoms with van der Waals surface area (Å²) in [4.78, 5) is 36.4. The Kier molecular flexibility index (Phi) is 5.51. The molecule has 4 rings (SSSR count). The lowest BCUT2D eigenvalue weighted by molar-refractivity contribution is -0.118. The second kappa shape index (κ2) is 8.39. The van der Waals surface area contributed by atoms with Crippen molar-refractivity contribution in [2.24, 2.45) is 0 Å². The Balaban J connectivity index is 1.60. The molecule has 3 aromatic rings. The lowest BCUT2D eigenvalue weighted by Gasteiger charge is -2.31. The second-order valence-corrected chi connectivity index (χ2v) is 6.42. The van der Waals surface area contributed by atoms with Crippen LogP contribution in [0.3, 0.4) is 0 Å². The number of fused-ring (bicyclic) bond motifs is 1. The fourth-order valence-corrected chi connectivity index (χ4v) is 3.03. The van der Waals surface area contributed by atoms with Crippen molar-refractivity contribution in [2.45, 2.75) is 12.3 Å². The monoisotopic (exact) mass is 400 g/mol. The Morgan fingerprint density at radius 3 is 2.97 bits per heavy atom. The summed E-state index contributed by atoms with van der Waals surface area (Å²) in [6, 6.07) is 8.89. The number of nitrogens with zero attached hydrogens (tertiary/aromatic N) is 3. The number of amides is 1. The Bertz CT molecular complexity index is 1050. The average molecular weight is 400 g/mol. The number of carbonyl (C=O) groups excluding carboxylic acids is 1. The molecule has 1 amide bonds. The van der Waals surface area contributed by atoms with Gasteiger partial charge in [-0.15, -0.1) is 0 Å². The smallest absolute Gasteiger partial charge is 0.283 e. The number of rotatable bonds is 6. The normalized spacial score (nSPS) is 19.2. The molecule has 11 heteroatoms. The molecule has 3 heterocycles. The number of carbonyl (C=O) groups is 1. The number of benzene rings is 1. The summed E-state index contributed by atoms with van der Waals surface area (Å²) >= 11 is 0. The van der Waals surface area contributed by atoms with E-state index in [0.717, 1.165) is 0 Å². The van der Waals surface area contributed by atoms with Crippen LogP contribution in [0.5, 0.6) is 5.75 Å². The van der Waals surface area contributed by atoms with Gasteiger partial charge in [0, 0.05) is 13.1 Å². The van der Waals surface area contributed by atoms with Gasteiger partial charge in [-0.05, 0) is 12.1 Å². The van der Waals surface area contributed by atoms with Crippen LogP contribution in [0.1, 0.15) is 6.23 Å². The van der Waals surface area contributed by atoms with Crippen molar-refractivity contribution in [3.8, 4) is 5.75 Å². The van der Waals surface area contributed by atoms with Gasteiger partial charge >= 0.3 is 0 Å². The molecule has 0 spiro atoms. The molecule has 1 aromatic carbocycles. The molecule has 0 bridgehead atoms. The second-order valence-electron chi connectivity index (χ2n) is 6.42. The highest BCUT2D eigenvalue weighted by atomic mass is 16.5. The van der Waals surface area contributed by atoms with E-state index in [1.54, 1.807) is 24.3 Å². The van der Waals surface area contributed by atoms with Gasteiger partial charge in [-0.2, -0.15) is 4.98 Å². The third-order valence-corrected chi connectivity index (χ3v) is 4.39. The van der Waals surface area contributed by atoms with Gasteiger partial charge in [-0.25, -0.2) is 9.55 Å². The highest BCUT2D eigenvalue weighted by Gasteiger charge is 2.28. The van der Waals surface area contributed by atoms with Crippen LogP contribution in [-0.2, 0) is 9.53 Å². The summed E-state index contributed by atoms with van der Waals surface area (Å²) in [5.74, 6) is 0.0369. The fraction of sp³-hybridized carbons (Fsp3) is 0.333. The highest BCUT2D eigenvalue weighted by Crippen LogP contribution is 2.19. The van der Waals surface area contributed by atoms with Gasteiger partial charge < -0.3 is 24.9 Å². The van der Waals surface area contributed by atoms with E-state index in [1.807, 2.05) is 6.07 Å². The first-order valence-electron chi connectivity index (χ1n) is 9.06. The number of anilines is 1. The Morgan fingerprint density at radius 2 is 2.17 bits per heavy atom. The third-order valence-electron chi connectivity index (χ3n) is 4.39. The minimum absolute atomic E-state index is 0.0124. The SMILES string of the molecule is O=C(COc1ccccc1)Nc1nc2nc[nH]c2c(=O)n1[C@H]1CNC[C@@H](CO)O1. The molecule has 0 unspecified atom stereocenters. The van der Waals surface area contributed by atoms with Crippen LogP contribution in [0.2, 0.25) is 0 Å². The first kappa shape index (κ1) is 19.1. The number of aliphatic hydroxyl groups excluding tert-OH is 1. The first-order valence-corrected chi connectivity index (χ1v) is 9.06. The molecule has 11 nitrogen and oxygen atoms in total. The van der Waals surface area contributed by atoms with E-state index in [9.17, 15) is 14.7 Å². The molecule has 0 saturated carbocycles. The lowest BCUT2D eigenvalue weighted by Crippen LogP contribution is -2.47. The number of morpholine rings is 1. The van der Waals surface area contributed by atoms with Crippen molar-refractivity contribution in [3.05, 3.63) is 47.0 Å². The van der Waals surface area contributed by atoms with E-state index >= 15 is 0 Å². The number of hydrogen-bond donors (Lipinski definition) is 4. The molecule has 1 saturated heterocycles. The Morgan fingerprint density at radius 1 is 1.34 bits per heavy atom. The topological polar surface area (TPSA) is 143 Å². The average Bonchev–Trinajstić information content (AvgIpc) is 3.22. The summed E-state index contributed by atoms with van der Waals surface area (Å²) in [6.45, 7) is 0.293. The van der Waals surface area contributed by atoms with Crippen LogP contribution >= 0.6 is 0 Å². The summed E-state index contributed by atoms with van der Waals surface area (Å²) in [5.41, 5.74) is -0.0802. The molecule has 2 aromatic heterocycles. The minimum Gasteiger partial charge on any atom is -0.484 e. The van der Waals surface area contributed by atoms with Crippen LogP contribution in [0.4, 0.5) is 5.95 Å². The maximum Gasteiger partial charge on any atom is 0.283 e. The summed E-state index contributed by atoms with van der Waals surface area (Å²) in [6.07, 6.45) is 0.103. The number of hydrogen-bond acceptors (Lipinski definition) is 8. The highest BCUT2D eigenvalue weighted by molar-refractivity contribution is 5.91. The molecule has 29 heavy (non-hydrogen) atoms. The molecule has 1 fully saturated rings. The number of aliphatic hydroxyl groups is 1. The fourth-order valence-electron chi connectivity index (χ4n) is 3.03. The molecular weight excluding hydrogens is 380 g/mol. The van der Waals surface area contributed by atoms with Crippen molar-refractivity contribution >= 4 is 23.0 Å². The quantitative estimate of drug-likeness (QED) is 0.438. The van der Waals surface area contributed by atoms with Crippen LogP contribution in [0.15, 0.2) is 41.5 Å². The van der Waals surface area contributed by atoms with Crippen LogP contribution < -0.4 is 20.9 Å². The van der Waals surface area contributed by atoms with E-state index in [0.29, 0.717) is 18.8 Å². The summed E-state index contributed by atoms with van der Waals surface area (Å²) < 4.78 is 12.4. The Hall–Kier alpha value is -3.28. The van der Waals surface area contributed by atoms with Crippen LogP contribution in [0, 0.1) is 0 Å². The van der Waals surface area contributed by atoms with Gasteiger partial charge in [0.25, 0.3) is 11.5 Å².